The Labute approximate surface area is 145 Å². The highest BCUT2D eigenvalue weighted by atomic mass is 32.2. The number of hydrogen-bond acceptors (Lipinski definition) is 6. The molecule has 0 saturated carbocycles. The highest BCUT2D eigenvalue weighted by molar-refractivity contribution is 8.00. The number of nitrogens with two attached hydrogens (primary N) is 1. The number of aliphatic carboxylic acids is 2. The quantitative estimate of drug-likeness (QED) is 0.447. The Balaban J connectivity index is 2.06. The molecule has 0 aromatic carbocycles. The maximum Gasteiger partial charge on any atom is 0.327 e. The summed E-state index contributed by atoms with van der Waals surface area (Å²) in [6.45, 7) is 0.502. The predicted octanol–water partition coefficient (Wildman–Crippen LogP) is 0.0654. The van der Waals surface area contributed by atoms with E-state index in [4.69, 9.17) is 5.73 Å². The van der Waals surface area contributed by atoms with Gasteiger partial charge in [0, 0.05) is 5.75 Å². The molecule has 4 atom stereocenters. The number of carbonyl (C=O) groups excluding carboxylic acids is 1. The van der Waals surface area contributed by atoms with Gasteiger partial charge in [-0.25, -0.2) is 4.79 Å². The van der Waals surface area contributed by atoms with Crippen LogP contribution in [0.25, 0.3) is 0 Å². The lowest BCUT2D eigenvalue weighted by molar-refractivity contribution is -0.150. The number of amides is 1. The smallest absolute Gasteiger partial charge is 0.327 e. The molecule has 1 unspecified atom stereocenters. The van der Waals surface area contributed by atoms with E-state index in [0.29, 0.717) is 31.6 Å². The topological polar surface area (TPSA) is 133 Å². The fourth-order valence-corrected chi connectivity index (χ4v) is 4.69. The first-order valence-corrected chi connectivity index (χ1v) is 9.36. The van der Waals surface area contributed by atoms with Crippen molar-refractivity contribution in [2.45, 2.75) is 62.0 Å². The van der Waals surface area contributed by atoms with Crippen molar-refractivity contribution in [1.82, 2.24) is 10.2 Å². The Kier molecular flexibility index (Phi) is 6.88. The van der Waals surface area contributed by atoms with E-state index >= 15 is 0 Å². The van der Waals surface area contributed by atoms with Gasteiger partial charge in [-0.05, 0) is 38.6 Å². The molecule has 8 nitrogen and oxygen atoms in total. The van der Waals surface area contributed by atoms with Crippen LogP contribution in [0.4, 0.5) is 0 Å². The SMILES string of the molecule is NCCCCC(N[C@H]1CCC[C@H]2SC[C@@H](C(=O)O)N2C1=O)C(=O)O. The molecule has 1 amide bonds. The zero-order valence-electron chi connectivity index (χ0n) is 13.5. The zero-order valence-corrected chi connectivity index (χ0v) is 14.3. The number of thioether (sulfide) groups is 1. The highest BCUT2D eigenvalue weighted by Gasteiger charge is 2.45. The third kappa shape index (κ3) is 4.40. The van der Waals surface area contributed by atoms with Gasteiger partial charge in [-0.3, -0.25) is 14.9 Å². The van der Waals surface area contributed by atoms with Crippen LogP contribution in [-0.2, 0) is 14.4 Å². The number of nitrogens with one attached hydrogen (secondary N) is 1. The second-order valence-electron chi connectivity index (χ2n) is 6.21. The van der Waals surface area contributed by atoms with Gasteiger partial charge in [0.25, 0.3) is 0 Å². The highest BCUT2D eigenvalue weighted by Crippen LogP contribution is 2.35. The molecule has 2 saturated heterocycles. The van der Waals surface area contributed by atoms with Crippen LogP contribution >= 0.6 is 11.8 Å². The van der Waals surface area contributed by atoms with Crippen molar-refractivity contribution in [3.8, 4) is 0 Å². The molecule has 5 N–H and O–H groups in total. The molecule has 0 aromatic rings. The first-order chi connectivity index (χ1) is 11.5. The number of hydrogen-bond donors (Lipinski definition) is 4. The van der Waals surface area contributed by atoms with Crippen LogP contribution in [0.1, 0.15) is 38.5 Å². The van der Waals surface area contributed by atoms with Crippen molar-refractivity contribution < 1.29 is 24.6 Å². The number of carboxylic acid groups (broad SMARTS) is 2. The standard InChI is InChI=1S/C15H25N3O5S/c16-7-2-1-4-10(14(20)21)17-9-5-3-6-12-18(13(9)19)11(8-24-12)15(22)23/h9-12,17H,1-8,16H2,(H,20,21)(H,22,23)/t9-,10?,11-,12+/m0/s1. The van der Waals surface area contributed by atoms with Gasteiger partial charge < -0.3 is 20.8 Å². The molecule has 2 fully saturated rings. The summed E-state index contributed by atoms with van der Waals surface area (Å²) < 4.78 is 0. The Bertz CT molecular complexity index is 490. The van der Waals surface area contributed by atoms with Crippen molar-refractivity contribution in [3.05, 3.63) is 0 Å². The molecule has 2 heterocycles. The number of carboxylic acids is 2. The van der Waals surface area contributed by atoms with Gasteiger partial charge in [-0.2, -0.15) is 0 Å². The fraction of sp³-hybridized carbons (Fsp3) is 0.800. The average Bonchev–Trinajstić information content (AvgIpc) is 2.89. The summed E-state index contributed by atoms with van der Waals surface area (Å²) in [5.41, 5.74) is 5.43. The average molecular weight is 359 g/mol. The fourth-order valence-electron chi connectivity index (χ4n) is 3.24. The summed E-state index contributed by atoms with van der Waals surface area (Å²) in [6.07, 6.45) is 3.83. The van der Waals surface area contributed by atoms with Crippen LogP contribution in [0.3, 0.4) is 0 Å². The Morgan fingerprint density at radius 3 is 2.71 bits per heavy atom. The minimum absolute atomic E-state index is 0.120. The zero-order chi connectivity index (χ0) is 17.7. The van der Waals surface area contributed by atoms with Gasteiger partial charge in [-0.1, -0.05) is 6.42 Å². The Morgan fingerprint density at radius 1 is 1.33 bits per heavy atom. The van der Waals surface area contributed by atoms with E-state index in [1.165, 1.54) is 16.7 Å². The minimum Gasteiger partial charge on any atom is -0.480 e. The number of nitrogens with zero attached hydrogens (tertiary/aromatic N) is 1. The van der Waals surface area contributed by atoms with Crippen LogP contribution < -0.4 is 11.1 Å². The van der Waals surface area contributed by atoms with E-state index in [1.54, 1.807) is 0 Å². The van der Waals surface area contributed by atoms with E-state index in [0.717, 1.165) is 19.3 Å². The first-order valence-electron chi connectivity index (χ1n) is 8.31. The molecule has 0 radical (unpaired) electrons. The molecule has 0 bridgehead atoms. The van der Waals surface area contributed by atoms with Gasteiger partial charge in [-0.15, -0.1) is 11.8 Å². The summed E-state index contributed by atoms with van der Waals surface area (Å²) in [5.74, 6) is -1.90. The second kappa shape index (κ2) is 8.68. The Hall–Kier alpha value is -1.32. The van der Waals surface area contributed by atoms with Crippen LogP contribution in [-0.4, -0.2) is 68.8 Å². The van der Waals surface area contributed by atoms with E-state index in [2.05, 4.69) is 5.32 Å². The molecule has 136 valence electrons. The van der Waals surface area contributed by atoms with Crippen LogP contribution in [0.2, 0.25) is 0 Å². The van der Waals surface area contributed by atoms with Gasteiger partial charge in [0.1, 0.15) is 12.1 Å². The van der Waals surface area contributed by atoms with Crippen molar-refractivity contribution >= 4 is 29.6 Å². The number of fused-ring (bicyclic) bond motifs is 1. The number of carbonyl (C=O) groups is 3. The molecule has 9 heteroatoms. The molecule has 2 aliphatic rings. The predicted molar refractivity (Wildman–Crippen MR) is 89.6 cm³/mol. The van der Waals surface area contributed by atoms with Crippen LogP contribution in [0, 0.1) is 0 Å². The summed E-state index contributed by atoms with van der Waals surface area (Å²) in [5, 5.41) is 21.5. The van der Waals surface area contributed by atoms with E-state index in [9.17, 15) is 24.6 Å². The molecule has 2 aliphatic heterocycles. The van der Waals surface area contributed by atoms with Crippen LogP contribution in [0.5, 0.6) is 0 Å². The molecule has 24 heavy (non-hydrogen) atoms. The maximum absolute atomic E-state index is 12.8. The first kappa shape index (κ1) is 19.0. The summed E-state index contributed by atoms with van der Waals surface area (Å²) in [7, 11) is 0. The molecular weight excluding hydrogens is 334 g/mol. The van der Waals surface area contributed by atoms with Crippen LogP contribution in [0.15, 0.2) is 0 Å². The van der Waals surface area contributed by atoms with Crippen molar-refractivity contribution in [2.75, 3.05) is 12.3 Å². The maximum atomic E-state index is 12.8. The Morgan fingerprint density at radius 2 is 2.08 bits per heavy atom. The largest absolute Gasteiger partial charge is 0.480 e. The van der Waals surface area contributed by atoms with Gasteiger partial charge in [0.05, 0.1) is 11.4 Å². The third-order valence-corrected chi connectivity index (χ3v) is 5.88. The lowest BCUT2D eigenvalue weighted by Crippen LogP contribution is -2.55. The van der Waals surface area contributed by atoms with Crippen molar-refractivity contribution in [1.29, 1.82) is 0 Å². The third-order valence-electron chi connectivity index (χ3n) is 4.52. The summed E-state index contributed by atoms with van der Waals surface area (Å²) >= 11 is 1.49. The normalized spacial score (nSPS) is 28.3. The minimum atomic E-state index is -1.00. The molecule has 2 rings (SSSR count). The van der Waals surface area contributed by atoms with E-state index in [-0.39, 0.29) is 11.3 Å². The monoisotopic (exact) mass is 359 g/mol. The number of rotatable bonds is 8. The molecular formula is C15H25N3O5S. The lowest BCUT2D eigenvalue weighted by atomic mass is 10.1. The summed E-state index contributed by atoms with van der Waals surface area (Å²) in [6, 6.07) is -2.29. The van der Waals surface area contributed by atoms with E-state index < -0.39 is 30.1 Å². The van der Waals surface area contributed by atoms with Crippen molar-refractivity contribution in [2.24, 2.45) is 5.73 Å². The second-order valence-corrected chi connectivity index (χ2v) is 7.42. The van der Waals surface area contributed by atoms with Gasteiger partial charge in [0.15, 0.2) is 0 Å². The summed E-state index contributed by atoms with van der Waals surface area (Å²) in [4.78, 5) is 37.1. The van der Waals surface area contributed by atoms with Crippen molar-refractivity contribution in [3.63, 3.8) is 0 Å². The molecule has 0 spiro atoms. The van der Waals surface area contributed by atoms with Gasteiger partial charge in [0.2, 0.25) is 5.91 Å². The lowest BCUT2D eigenvalue weighted by Gasteiger charge is -2.29. The molecule has 0 aromatic heterocycles. The molecule has 0 aliphatic carbocycles. The van der Waals surface area contributed by atoms with E-state index in [1.807, 2.05) is 0 Å². The van der Waals surface area contributed by atoms with Gasteiger partial charge >= 0.3 is 11.9 Å². The number of unbranched alkanes of at least 4 members (excludes halogenated alkanes) is 1.